The van der Waals surface area contributed by atoms with Crippen LogP contribution in [0.25, 0.3) is 0 Å². The van der Waals surface area contributed by atoms with Crippen molar-refractivity contribution in [3.05, 3.63) is 41.5 Å². The van der Waals surface area contributed by atoms with E-state index in [0.717, 1.165) is 17.9 Å². The first-order chi connectivity index (χ1) is 8.29. The van der Waals surface area contributed by atoms with E-state index in [1.54, 1.807) is 6.92 Å². The molecule has 0 fully saturated rings. The van der Waals surface area contributed by atoms with Crippen LogP contribution in [0, 0.1) is 6.92 Å². The summed E-state index contributed by atoms with van der Waals surface area (Å²) in [4.78, 5) is 4.08. The number of ether oxygens (including phenoxy) is 1. The van der Waals surface area contributed by atoms with Crippen molar-refractivity contribution in [3.63, 3.8) is 0 Å². The van der Waals surface area contributed by atoms with E-state index in [2.05, 4.69) is 15.5 Å². The second-order valence-corrected chi connectivity index (χ2v) is 3.66. The zero-order valence-corrected chi connectivity index (χ0v) is 9.93. The topological polar surface area (TPSA) is 60.2 Å². The fraction of sp³-hybridized carbons (Fsp3) is 0.333. The summed E-state index contributed by atoms with van der Waals surface area (Å²) in [6.07, 6.45) is 0. The number of nitrogens with zero attached hydrogens (tertiary/aromatic N) is 2. The number of aryl methyl sites for hydroxylation is 1. The molecule has 0 aliphatic rings. The lowest BCUT2D eigenvalue weighted by Gasteiger charge is -2.09. The zero-order valence-electron chi connectivity index (χ0n) is 9.93. The van der Waals surface area contributed by atoms with Crippen molar-refractivity contribution in [2.75, 3.05) is 7.05 Å². The number of hydrogen-bond acceptors (Lipinski definition) is 5. The van der Waals surface area contributed by atoms with Gasteiger partial charge in [0.2, 0.25) is 11.7 Å². The van der Waals surface area contributed by atoms with E-state index in [4.69, 9.17) is 9.26 Å². The minimum Gasteiger partial charge on any atom is -0.485 e. The smallest absolute Gasteiger partial charge is 0.223 e. The Kier molecular flexibility index (Phi) is 3.72. The van der Waals surface area contributed by atoms with Crippen molar-refractivity contribution < 1.29 is 9.26 Å². The SMILES string of the molecule is CNCc1ccccc1OCc1noc(C)n1. The van der Waals surface area contributed by atoms with Gasteiger partial charge < -0.3 is 14.6 Å². The summed E-state index contributed by atoms with van der Waals surface area (Å²) in [6.45, 7) is 2.84. The van der Waals surface area contributed by atoms with Gasteiger partial charge in [-0.15, -0.1) is 0 Å². The molecule has 1 aromatic heterocycles. The summed E-state index contributed by atoms with van der Waals surface area (Å²) >= 11 is 0. The predicted molar refractivity (Wildman–Crippen MR) is 62.6 cm³/mol. The Morgan fingerprint density at radius 2 is 2.18 bits per heavy atom. The van der Waals surface area contributed by atoms with Gasteiger partial charge in [0, 0.05) is 19.0 Å². The van der Waals surface area contributed by atoms with Crippen LogP contribution in [0.3, 0.4) is 0 Å². The van der Waals surface area contributed by atoms with E-state index < -0.39 is 0 Å². The molecule has 0 amide bonds. The molecule has 0 atom stereocenters. The van der Waals surface area contributed by atoms with Crippen LogP contribution in [-0.2, 0) is 13.2 Å². The first kappa shape index (κ1) is 11.6. The molecule has 5 heteroatoms. The maximum Gasteiger partial charge on any atom is 0.223 e. The number of benzene rings is 1. The molecule has 1 aromatic carbocycles. The second kappa shape index (κ2) is 5.45. The number of aromatic nitrogens is 2. The fourth-order valence-electron chi connectivity index (χ4n) is 1.52. The Labute approximate surface area is 99.8 Å². The number of para-hydroxylation sites is 1. The van der Waals surface area contributed by atoms with Gasteiger partial charge in [-0.2, -0.15) is 4.98 Å². The van der Waals surface area contributed by atoms with Crippen molar-refractivity contribution in [2.24, 2.45) is 0 Å². The molecule has 2 rings (SSSR count). The van der Waals surface area contributed by atoms with Gasteiger partial charge in [0.05, 0.1) is 0 Å². The first-order valence-corrected chi connectivity index (χ1v) is 5.44. The van der Waals surface area contributed by atoms with Crippen molar-refractivity contribution in [2.45, 2.75) is 20.1 Å². The highest BCUT2D eigenvalue weighted by atomic mass is 16.5. The van der Waals surface area contributed by atoms with Gasteiger partial charge in [-0.05, 0) is 13.1 Å². The number of hydrogen-bond donors (Lipinski definition) is 1. The summed E-state index contributed by atoms with van der Waals surface area (Å²) in [5.74, 6) is 1.94. The van der Waals surface area contributed by atoms with Crippen molar-refractivity contribution >= 4 is 0 Å². The zero-order chi connectivity index (χ0) is 12.1. The average Bonchev–Trinajstić information content (AvgIpc) is 2.74. The van der Waals surface area contributed by atoms with E-state index in [1.165, 1.54) is 0 Å². The summed E-state index contributed by atoms with van der Waals surface area (Å²) in [7, 11) is 1.90. The molecule has 0 aliphatic heterocycles. The Hall–Kier alpha value is -1.88. The Morgan fingerprint density at radius 3 is 2.88 bits per heavy atom. The Bertz CT molecular complexity index is 482. The Morgan fingerprint density at radius 1 is 1.35 bits per heavy atom. The molecule has 0 unspecified atom stereocenters. The third-order valence-corrected chi connectivity index (χ3v) is 2.27. The molecular formula is C12H15N3O2. The lowest BCUT2D eigenvalue weighted by molar-refractivity contribution is 0.282. The van der Waals surface area contributed by atoms with Gasteiger partial charge in [0.1, 0.15) is 5.75 Å². The summed E-state index contributed by atoms with van der Waals surface area (Å²) in [6, 6.07) is 7.88. The molecule has 17 heavy (non-hydrogen) atoms. The van der Waals surface area contributed by atoms with Crippen molar-refractivity contribution in [3.8, 4) is 5.75 Å². The van der Waals surface area contributed by atoms with E-state index in [1.807, 2.05) is 31.3 Å². The van der Waals surface area contributed by atoms with Gasteiger partial charge in [0.15, 0.2) is 6.61 Å². The van der Waals surface area contributed by atoms with E-state index in [0.29, 0.717) is 18.3 Å². The Balaban J connectivity index is 2.03. The molecular weight excluding hydrogens is 218 g/mol. The highest BCUT2D eigenvalue weighted by Crippen LogP contribution is 2.18. The largest absolute Gasteiger partial charge is 0.485 e. The van der Waals surface area contributed by atoms with E-state index in [9.17, 15) is 0 Å². The van der Waals surface area contributed by atoms with Crippen LogP contribution in [0.15, 0.2) is 28.8 Å². The van der Waals surface area contributed by atoms with E-state index in [-0.39, 0.29) is 0 Å². The summed E-state index contributed by atoms with van der Waals surface area (Å²) in [5.41, 5.74) is 1.11. The lowest BCUT2D eigenvalue weighted by atomic mass is 10.2. The standard InChI is InChI=1S/C12H15N3O2/c1-9-14-12(15-17-9)8-16-11-6-4-3-5-10(11)7-13-2/h3-6,13H,7-8H2,1-2H3. The van der Waals surface area contributed by atoms with Crippen molar-refractivity contribution in [1.82, 2.24) is 15.5 Å². The van der Waals surface area contributed by atoms with Crippen molar-refractivity contribution in [1.29, 1.82) is 0 Å². The van der Waals surface area contributed by atoms with Crippen LogP contribution < -0.4 is 10.1 Å². The molecule has 0 spiro atoms. The average molecular weight is 233 g/mol. The normalized spacial score (nSPS) is 10.5. The molecule has 0 saturated carbocycles. The highest BCUT2D eigenvalue weighted by Gasteiger charge is 2.05. The fourth-order valence-corrected chi connectivity index (χ4v) is 1.52. The van der Waals surface area contributed by atoms with E-state index >= 15 is 0 Å². The molecule has 1 heterocycles. The van der Waals surface area contributed by atoms with Gasteiger partial charge in [0.25, 0.3) is 0 Å². The lowest BCUT2D eigenvalue weighted by Crippen LogP contribution is -2.07. The van der Waals surface area contributed by atoms with Crippen LogP contribution in [0.4, 0.5) is 0 Å². The number of rotatable bonds is 5. The molecule has 0 radical (unpaired) electrons. The monoisotopic (exact) mass is 233 g/mol. The molecule has 0 saturated heterocycles. The third-order valence-electron chi connectivity index (χ3n) is 2.27. The summed E-state index contributed by atoms with van der Waals surface area (Å²) in [5, 5.41) is 6.88. The predicted octanol–water partition coefficient (Wildman–Crippen LogP) is 1.68. The van der Waals surface area contributed by atoms with Gasteiger partial charge in [-0.3, -0.25) is 0 Å². The van der Waals surface area contributed by atoms with Gasteiger partial charge in [-0.25, -0.2) is 0 Å². The molecule has 1 N–H and O–H groups in total. The maximum atomic E-state index is 5.66. The van der Waals surface area contributed by atoms with Crippen LogP contribution >= 0.6 is 0 Å². The molecule has 0 aliphatic carbocycles. The van der Waals surface area contributed by atoms with Crippen LogP contribution in [0.2, 0.25) is 0 Å². The molecule has 5 nitrogen and oxygen atoms in total. The molecule has 90 valence electrons. The summed E-state index contributed by atoms with van der Waals surface area (Å²) < 4.78 is 10.5. The van der Waals surface area contributed by atoms with Crippen LogP contribution in [0.5, 0.6) is 5.75 Å². The quantitative estimate of drug-likeness (QED) is 0.851. The third kappa shape index (κ3) is 3.04. The first-order valence-electron chi connectivity index (χ1n) is 5.44. The van der Waals surface area contributed by atoms with Crippen LogP contribution in [0.1, 0.15) is 17.3 Å². The van der Waals surface area contributed by atoms with Gasteiger partial charge >= 0.3 is 0 Å². The second-order valence-electron chi connectivity index (χ2n) is 3.66. The highest BCUT2D eigenvalue weighted by molar-refractivity contribution is 5.33. The molecule has 0 bridgehead atoms. The number of nitrogens with one attached hydrogen (secondary N) is 1. The van der Waals surface area contributed by atoms with Gasteiger partial charge in [-0.1, -0.05) is 23.4 Å². The maximum absolute atomic E-state index is 5.66. The van der Waals surface area contributed by atoms with Crippen LogP contribution in [-0.4, -0.2) is 17.2 Å². The molecule has 2 aromatic rings. The minimum atomic E-state index is 0.318. The minimum absolute atomic E-state index is 0.318.